The minimum Gasteiger partial charge on any atom is -0.343 e. The van der Waals surface area contributed by atoms with E-state index in [-0.39, 0.29) is 23.3 Å². The number of aromatic nitrogens is 1. The van der Waals surface area contributed by atoms with Crippen molar-refractivity contribution in [2.45, 2.75) is 38.8 Å². The van der Waals surface area contributed by atoms with Gasteiger partial charge in [0.2, 0.25) is 0 Å². The fraction of sp³-hybridized carbons (Fsp3) is 0.571. The van der Waals surface area contributed by atoms with Crippen molar-refractivity contribution in [1.82, 2.24) is 4.57 Å². The van der Waals surface area contributed by atoms with Crippen LogP contribution in [0.5, 0.6) is 0 Å². The van der Waals surface area contributed by atoms with E-state index >= 15 is 0 Å². The highest BCUT2D eigenvalue weighted by atomic mass is 32.2. The van der Waals surface area contributed by atoms with E-state index in [1.54, 1.807) is 6.08 Å². The first-order chi connectivity index (χ1) is 8.77. The van der Waals surface area contributed by atoms with Gasteiger partial charge >= 0.3 is 0 Å². The molecule has 0 saturated carbocycles. The minimum absolute atomic E-state index is 0.0574. The number of hydrogen-bond acceptors (Lipinski definition) is 3. The molecule has 104 valence electrons. The minimum atomic E-state index is -3.02. The molecule has 0 fully saturated rings. The second kappa shape index (κ2) is 3.96. The normalized spacial score (nSPS) is 31.3. The predicted octanol–water partition coefficient (Wildman–Crippen LogP) is 1.94. The number of hydrogen-bond donors (Lipinski definition) is 1. The summed E-state index contributed by atoms with van der Waals surface area (Å²) in [4.78, 5) is 0. The molecule has 1 aromatic heterocycles. The lowest BCUT2D eigenvalue weighted by Crippen LogP contribution is -2.31. The van der Waals surface area contributed by atoms with Gasteiger partial charge < -0.3 is 10.3 Å². The summed E-state index contributed by atoms with van der Waals surface area (Å²) in [5.74, 6) is 0.170. The molecule has 0 radical (unpaired) electrons. The molecule has 1 aliphatic heterocycles. The van der Waals surface area contributed by atoms with E-state index in [2.05, 4.69) is 18.4 Å². The van der Waals surface area contributed by atoms with Crippen LogP contribution in [0.1, 0.15) is 43.6 Å². The molecule has 0 spiro atoms. The molecule has 2 aliphatic rings. The number of nitrogens with two attached hydrogens (primary N) is 1. The molecule has 0 saturated heterocycles. The number of fused-ring (bicyclic) bond motifs is 1. The molecule has 5 heteroatoms. The second-order valence-electron chi connectivity index (χ2n) is 6.50. The van der Waals surface area contributed by atoms with Gasteiger partial charge in [-0.3, -0.25) is 0 Å². The van der Waals surface area contributed by atoms with Gasteiger partial charge in [0.25, 0.3) is 0 Å². The number of rotatable bonds is 1. The Hall–Kier alpha value is -1.07. The summed E-state index contributed by atoms with van der Waals surface area (Å²) in [7, 11) is -3.02. The molecular weight excluding hydrogens is 260 g/mol. The zero-order chi connectivity index (χ0) is 13.8. The van der Waals surface area contributed by atoms with Crippen LogP contribution < -0.4 is 5.73 Å². The first-order valence-corrected chi connectivity index (χ1v) is 8.35. The maximum atomic E-state index is 11.6. The van der Waals surface area contributed by atoms with E-state index in [0.29, 0.717) is 0 Å². The third kappa shape index (κ3) is 2.25. The van der Waals surface area contributed by atoms with Crippen molar-refractivity contribution in [2.75, 3.05) is 5.75 Å². The molecule has 2 atom stereocenters. The van der Waals surface area contributed by atoms with Crippen LogP contribution in [0, 0.1) is 5.41 Å². The van der Waals surface area contributed by atoms with E-state index < -0.39 is 9.84 Å². The monoisotopic (exact) mass is 280 g/mol. The lowest BCUT2D eigenvalue weighted by atomic mass is 9.74. The van der Waals surface area contributed by atoms with Crippen LogP contribution >= 0.6 is 0 Å². The van der Waals surface area contributed by atoms with Gasteiger partial charge in [0.1, 0.15) is 0 Å². The zero-order valence-electron chi connectivity index (χ0n) is 11.3. The van der Waals surface area contributed by atoms with Crippen molar-refractivity contribution >= 4 is 9.84 Å². The van der Waals surface area contributed by atoms with Crippen LogP contribution in [0.4, 0.5) is 0 Å². The van der Waals surface area contributed by atoms with Crippen molar-refractivity contribution in [3.05, 3.63) is 35.0 Å². The largest absolute Gasteiger partial charge is 0.343 e. The highest BCUT2D eigenvalue weighted by Gasteiger charge is 2.34. The standard InChI is InChI=1S/C14H20N2O2S/c1-14(2)7-12(15)11-3-5-16(13(11)8-14)10-4-6-19(17,18)9-10/h3-6,10,12H,7-9,15H2,1-2H3. The Morgan fingerprint density at radius 1 is 1.42 bits per heavy atom. The predicted molar refractivity (Wildman–Crippen MR) is 75.4 cm³/mol. The highest BCUT2D eigenvalue weighted by Crippen LogP contribution is 2.41. The van der Waals surface area contributed by atoms with Crippen LogP contribution in [0.2, 0.25) is 0 Å². The summed E-state index contributed by atoms with van der Waals surface area (Å²) in [6.07, 6.45) is 5.70. The molecule has 0 bridgehead atoms. The van der Waals surface area contributed by atoms with E-state index in [1.807, 2.05) is 12.3 Å². The Kier molecular flexibility index (Phi) is 2.70. The first-order valence-electron chi connectivity index (χ1n) is 6.64. The average Bonchev–Trinajstić information content (AvgIpc) is 2.79. The van der Waals surface area contributed by atoms with Crippen molar-refractivity contribution in [1.29, 1.82) is 0 Å². The summed E-state index contributed by atoms with van der Waals surface area (Å²) in [5, 5.41) is 1.33. The molecule has 0 amide bonds. The lowest BCUT2D eigenvalue weighted by molar-refractivity contribution is 0.274. The summed E-state index contributed by atoms with van der Waals surface area (Å²) in [6.45, 7) is 4.43. The van der Waals surface area contributed by atoms with Crippen LogP contribution in [0.3, 0.4) is 0 Å². The molecule has 4 nitrogen and oxygen atoms in total. The van der Waals surface area contributed by atoms with Gasteiger partial charge in [-0.05, 0) is 36.0 Å². The SMILES string of the molecule is CC1(C)Cc2c(ccn2C2C=CS(=O)(=O)C2)C(N)C1. The molecule has 2 heterocycles. The van der Waals surface area contributed by atoms with Crippen molar-refractivity contribution in [3.8, 4) is 0 Å². The van der Waals surface area contributed by atoms with Crippen LogP contribution in [0.15, 0.2) is 23.7 Å². The fourth-order valence-corrected chi connectivity index (χ4v) is 4.58. The van der Waals surface area contributed by atoms with Gasteiger partial charge in [-0.25, -0.2) is 8.42 Å². The van der Waals surface area contributed by atoms with E-state index in [9.17, 15) is 8.42 Å². The number of sulfone groups is 1. The molecule has 19 heavy (non-hydrogen) atoms. The summed E-state index contributed by atoms with van der Waals surface area (Å²) in [5.41, 5.74) is 8.79. The summed E-state index contributed by atoms with van der Waals surface area (Å²) >= 11 is 0. The second-order valence-corrected chi connectivity index (χ2v) is 8.43. The van der Waals surface area contributed by atoms with Gasteiger partial charge in [-0.2, -0.15) is 0 Å². The van der Waals surface area contributed by atoms with Gasteiger partial charge in [-0.15, -0.1) is 0 Å². The maximum absolute atomic E-state index is 11.6. The quantitative estimate of drug-likeness (QED) is 0.855. The van der Waals surface area contributed by atoms with Crippen molar-refractivity contribution < 1.29 is 8.42 Å². The van der Waals surface area contributed by atoms with Gasteiger partial charge in [0, 0.05) is 23.3 Å². The number of allylic oxidation sites excluding steroid dienone is 1. The van der Waals surface area contributed by atoms with Crippen LogP contribution in [-0.2, 0) is 16.3 Å². The van der Waals surface area contributed by atoms with Gasteiger partial charge in [0.15, 0.2) is 9.84 Å². The first kappa shape index (κ1) is 12.9. The molecule has 3 rings (SSSR count). The lowest BCUT2D eigenvalue weighted by Gasteiger charge is -2.35. The molecule has 2 N–H and O–H groups in total. The maximum Gasteiger partial charge on any atom is 0.173 e. The Labute approximate surface area is 114 Å². The Bertz CT molecular complexity index is 640. The zero-order valence-corrected chi connectivity index (χ0v) is 12.2. The number of nitrogens with zero attached hydrogens (tertiary/aromatic N) is 1. The topological polar surface area (TPSA) is 65.1 Å². The molecule has 1 aliphatic carbocycles. The average molecular weight is 280 g/mol. The Balaban J connectivity index is 2.01. The smallest absolute Gasteiger partial charge is 0.173 e. The van der Waals surface area contributed by atoms with Crippen molar-refractivity contribution in [2.24, 2.45) is 11.1 Å². The van der Waals surface area contributed by atoms with Crippen molar-refractivity contribution in [3.63, 3.8) is 0 Å². The molecule has 1 aromatic rings. The summed E-state index contributed by atoms with van der Waals surface area (Å²) < 4.78 is 25.2. The third-order valence-electron chi connectivity index (χ3n) is 4.15. The van der Waals surface area contributed by atoms with E-state index in [0.717, 1.165) is 12.8 Å². The molecular formula is C14H20N2O2S. The van der Waals surface area contributed by atoms with Gasteiger partial charge in [-0.1, -0.05) is 13.8 Å². The van der Waals surface area contributed by atoms with Gasteiger partial charge in [0.05, 0.1) is 11.8 Å². The van der Waals surface area contributed by atoms with E-state index in [1.165, 1.54) is 16.7 Å². The van der Waals surface area contributed by atoms with E-state index in [4.69, 9.17) is 5.73 Å². The fourth-order valence-electron chi connectivity index (χ4n) is 3.30. The Morgan fingerprint density at radius 2 is 2.16 bits per heavy atom. The summed E-state index contributed by atoms with van der Waals surface area (Å²) in [6, 6.07) is 2.03. The molecule has 2 unspecified atom stereocenters. The van der Waals surface area contributed by atoms with Crippen LogP contribution in [-0.4, -0.2) is 18.7 Å². The molecule has 0 aromatic carbocycles. The van der Waals surface area contributed by atoms with Crippen LogP contribution in [0.25, 0.3) is 0 Å². The third-order valence-corrected chi connectivity index (χ3v) is 5.52. The Morgan fingerprint density at radius 3 is 2.79 bits per heavy atom. The highest BCUT2D eigenvalue weighted by molar-refractivity contribution is 7.94.